The van der Waals surface area contributed by atoms with Crippen molar-refractivity contribution in [3.05, 3.63) is 0 Å². The van der Waals surface area contributed by atoms with Crippen molar-refractivity contribution in [3.63, 3.8) is 0 Å². The molecular weight excluding hydrogens is 278 g/mol. The molecule has 1 heterocycles. The van der Waals surface area contributed by atoms with Crippen molar-refractivity contribution in [2.75, 3.05) is 39.3 Å². The van der Waals surface area contributed by atoms with E-state index in [1.165, 1.54) is 45.7 Å². The van der Waals surface area contributed by atoms with E-state index in [0.717, 1.165) is 12.8 Å². The van der Waals surface area contributed by atoms with Crippen molar-refractivity contribution < 1.29 is 11.0 Å². The van der Waals surface area contributed by atoms with Gasteiger partial charge in [0.15, 0.2) is 0 Å². The fourth-order valence-corrected chi connectivity index (χ4v) is 3.50. The minimum absolute atomic E-state index is 0. The van der Waals surface area contributed by atoms with Gasteiger partial charge in [-0.3, -0.25) is 0 Å². The highest BCUT2D eigenvalue weighted by atomic mass is 16.6. The first-order valence-corrected chi connectivity index (χ1v) is 8.80. The number of nitrogens with one attached hydrogen (secondary N) is 1. The average molecular weight is 313 g/mol. The Hall–Kier alpha value is -0.810. The molecule has 0 radical (unpaired) electrons. The minimum Gasteiger partial charge on any atom is -0.444 e. The van der Waals surface area contributed by atoms with E-state index in [1.807, 2.05) is 20.8 Å². The maximum atomic E-state index is 11.8. The highest BCUT2D eigenvalue weighted by molar-refractivity contribution is 5.68. The molecule has 1 aliphatic heterocycles. The Morgan fingerprint density at radius 2 is 1.82 bits per heavy atom. The second kappa shape index (κ2) is 7.64. The molecule has 5 nitrogen and oxygen atoms in total. The molecule has 2 atom stereocenters. The van der Waals surface area contributed by atoms with Crippen LogP contribution in [0.2, 0.25) is 0 Å². The van der Waals surface area contributed by atoms with Crippen LogP contribution in [0.25, 0.3) is 0 Å². The number of hydrogen-bond donors (Lipinski definition) is 1. The molecule has 2 fully saturated rings. The molecule has 0 unspecified atom stereocenters. The Labute approximate surface area is 136 Å². The molecule has 1 saturated heterocycles. The monoisotopic (exact) mass is 313 g/mol. The molecule has 1 N–H and O–H groups in total. The molecule has 2 aliphatic rings. The van der Waals surface area contributed by atoms with E-state index < -0.39 is 5.60 Å². The van der Waals surface area contributed by atoms with Crippen LogP contribution in [0.3, 0.4) is 0 Å². The Bertz CT molecular complexity index is 365. The molecule has 1 saturated carbocycles. The van der Waals surface area contributed by atoms with Crippen LogP contribution in [0.5, 0.6) is 0 Å². The molecule has 0 spiro atoms. The Morgan fingerprint density at radius 1 is 1.18 bits per heavy atom. The number of piperazine rings is 1. The third kappa shape index (κ3) is 5.76. The van der Waals surface area contributed by atoms with E-state index >= 15 is 0 Å². The average Bonchev–Trinajstić information content (AvgIpc) is 2.84. The maximum Gasteiger partial charge on any atom is 0.407 e. The van der Waals surface area contributed by atoms with Gasteiger partial charge >= 0.3 is 6.09 Å². The van der Waals surface area contributed by atoms with Crippen LogP contribution in [-0.4, -0.2) is 66.8 Å². The number of amides is 1. The predicted molar refractivity (Wildman–Crippen MR) is 91.2 cm³/mol. The van der Waals surface area contributed by atoms with Crippen LogP contribution in [-0.2, 0) is 4.74 Å². The van der Waals surface area contributed by atoms with Crippen LogP contribution in [0.1, 0.15) is 48.4 Å². The van der Waals surface area contributed by atoms with E-state index in [-0.39, 0.29) is 13.6 Å². The number of likely N-dealkylation sites (N-methyl/N-ethyl adjacent to an activating group) is 1. The van der Waals surface area contributed by atoms with E-state index in [9.17, 15) is 4.79 Å². The van der Waals surface area contributed by atoms with Gasteiger partial charge in [-0.1, -0.05) is 6.92 Å². The number of alkyl carbamates (subject to hydrolysis) is 1. The second-order valence-corrected chi connectivity index (χ2v) is 7.76. The van der Waals surface area contributed by atoms with Gasteiger partial charge in [0, 0.05) is 40.2 Å². The normalized spacial score (nSPS) is 27.8. The molecule has 1 amide bonds. The highest BCUT2D eigenvalue weighted by Gasteiger charge is 2.29. The lowest BCUT2D eigenvalue weighted by molar-refractivity contribution is 0.0503. The fourth-order valence-electron chi connectivity index (χ4n) is 3.50. The zero-order valence-corrected chi connectivity index (χ0v) is 14.7. The number of carbonyl (C=O) groups is 1. The first-order chi connectivity index (χ1) is 10.4. The van der Waals surface area contributed by atoms with E-state index in [4.69, 9.17) is 4.74 Å². The molecule has 5 heteroatoms. The van der Waals surface area contributed by atoms with Crippen molar-refractivity contribution >= 4 is 6.09 Å². The molecule has 0 aromatic heterocycles. The van der Waals surface area contributed by atoms with Crippen molar-refractivity contribution in [2.45, 2.75) is 58.6 Å². The van der Waals surface area contributed by atoms with Crippen molar-refractivity contribution in [2.24, 2.45) is 5.92 Å². The summed E-state index contributed by atoms with van der Waals surface area (Å²) in [5, 5.41) is 3.03. The predicted octanol–water partition coefficient (Wildman–Crippen LogP) is 2.56. The number of hydrogen-bond acceptors (Lipinski definition) is 4. The van der Waals surface area contributed by atoms with Gasteiger partial charge in [-0.15, -0.1) is 0 Å². The van der Waals surface area contributed by atoms with Crippen LogP contribution in [0.4, 0.5) is 4.79 Å². The van der Waals surface area contributed by atoms with Crippen LogP contribution < -0.4 is 5.32 Å². The van der Waals surface area contributed by atoms with Crippen molar-refractivity contribution in [1.29, 1.82) is 0 Å². The smallest absolute Gasteiger partial charge is 0.407 e. The summed E-state index contributed by atoms with van der Waals surface area (Å²) in [6.45, 7) is 15.1. The van der Waals surface area contributed by atoms with Crippen molar-refractivity contribution in [1.82, 2.24) is 15.1 Å². The highest BCUT2D eigenvalue weighted by Crippen LogP contribution is 2.27. The summed E-state index contributed by atoms with van der Waals surface area (Å²) < 4.78 is 5.34. The third-order valence-electron chi connectivity index (χ3n) is 4.69. The summed E-state index contributed by atoms with van der Waals surface area (Å²) in [5.74, 6) is 0.716. The lowest BCUT2D eigenvalue weighted by atomic mass is 10.1. The summed E-state index contributed by atoms with van der Waals surface area (Å²) in [7, 11) is 0. The summed E-state index contributed by atoms with van der Waals surface area (Å²) in [6, 6.07) is 0.289. The molecule has 22 heavy (non-hydrogen) atoms. The summed E-state index contributed by atoms with van der Waals surface area (Å²) >= 11 is 0. The molecule has 0 aromatic carbocycles. The lowest BCUT2D eigenvalue weighted by Crippen LogP contribution is -2.47. The van der Waals surface area contributed by atoms with Gasteiger partial charge < -0.3 is 19.9 Å². The van der Waals surface area contributed by atoms with Gasteiger partial charge in [0.25, 0.3) is 0 Å². The van der Waals surface area contributed by atoms with Gasteiger partial charge in [-0.25, -0.2) is 4.79 Å². The molecule has 130 valence electrons. The fraction of sp³-hybridized carbons (Fsp3) is 0.941. The number of rotatable bonds is 4. The Morgan fingerprint density at radius 3 is 2.41 bits per heavy atom. The third-order valence-corrected chi connectivity index (χ3v) is 4.69. The molecule has 0 aromatic rings. The zero-order valence-electron chi connectivity index (χ0n) is 14.7. The maximum absolute atomic E-state index is 11.8. The quantitative estimate of drug-likeness (QED) is 0.866. The second-order valence-electron chi connectivity index (χ2n) is 7.76. The van der Waals surface area contributed by atoms with E-state index in [2.05, 4.69) is 22.0 Å². The Balaban J connectivity index is 0.00000264. The summed E-state index contributed by atoms with van der Waals surface area (Å²) in [5.41, 5.74) is -0.416. The van der Waals surface area contributed by atoms with Crippen LogP contribution >= 0.6 is 0 Å². The van der Waals surface area contributed by atoms with Gasteiger partial charge in [0.1, 0.15) is 5.60 Å². The van der Waals surface area contributed by atoms with E-state index in [0.29, 0.717) is 5.92 Å². The minimum atomic E-state index is -0.416. The topological polar surface area (TPSA) is 44.8 Å². The number of ether oxygens (including phenoxy) is 1. The van der Waals surface area contributed by atoms with Crippen LogP contribution in [0, 0.1) is 5.92 Å². The zero-order chi connectivity index (χ0) is 16.2. The SMILES string of the molecule is CCN1CCN(C[C@H]2CC[C@@H](NC(=O)OC(C)(C)C)C2)CC1.[HH]. The van der Waals surface area contributed by atoms with Gasteiger partial charge in [0.2, 0.25) is 0 Å². The van der Waals surface area contributed by atoms with Crippen LogP contribution in [0.15, 0.2) is 0 Å². The standard InChI is InChI=1S/C17H33N3O2.H2/c1-5-19-8-10-20(11-9-19)13-14-6-7-15(12-14)18-16(21)22-17(2,3)4;/h14-15H,5-13H2,1-4H3,(H,18,21);1H/t14-,15+;/m0./s1. The molecule has 0 bridgehead atoms. The summed E-state index contributed by atoms with van der Waals surface area (Å²) in [4.78, 5) is 16.9. The van der Waals surface area contributed by atoms with Gasteiger partial charge in [-0.05, 0) is 52.5 Å². The lowest BCUT2D eigenvalue weighted by Gasteiger charge is -2.35. The summed E-state index contributed by atoms with van der Waals surface area (Å²) in [6.07, 6.45) is 3.12. The molecule has 2 rings (SSSR count). The molecular formula is C17H35N3O2. The largest absolute Gasteiger partial charge is 0.444 e. The Kier molecular flexibility index (Phi) is 6.09. The first-order valence-electron chi connectivity index (χ1n) is 8.80. The van der Waals surface area contributed by atoms with E-state index in [1.54, 1.807) is 0 Å². The number of nitrogens with zero attached hydrogens (tertiary/aromatic N) is 2. The first kappa shape index (κ1) is 17.5. The number of carbonyl (C=O) groups excluding carboxylic acids is 1. The van der Waals surface area contributed by atoms with Crippen molar-refractivity contribution in [3.8, 4) is 0 Å². The molecule has 1 aliphatic carbocycles. The van der Waals surface area contributed by atoms with Gasteiger partial charge in [-0.2, -0.15) is 0 Å². The van der Waals surface area contributed by atoms with Gasteiger partial charge in [0.05, 0.1) is 0 Å².